The molecule has 0 saturated carbocycles. The Morgan fingerprint density at radius 2 is 2.50 bits per heavy atom. The lowest BCUT2D eigenvalue weighted by Crippen LogP contribution is -2.43. The first kappa shape index (κ1) is 11.4. The number of nitrogens with one attached hydrogen (secondary N) is 1. The number of ether oxygens (including phenoxy) is 1. The Balaban J connectivity index is 1.82. The normalized spacial score (nSPS) is 22.2. The molecular formula is C11H20N4O. The zero-order chi connectivity index (χ0) is 11.4. The molecule has 5 heteroatoms. The Bertz CT molecular complexity index is 326. The molecule has 1 fully saturated rings. The molecule has 0 amide bonds. The van der Waals surface area contributed by atoms with Gasteiger partial charge in [-0.15, -0.1) is 0 Å². The van der Waals surface area contributed by atoms with Crippen LogP contribution in [-0.4, -0.2) is 53.8 Å². The highest BCUT2D eigenvalue weighted by molar-refractivity contribution is 5.25. The molecule has 1 aromatic rings. The fraction of sp³-hybridized carbons (Fsp3) is 0.727. The highest BCUT2D eigenvalue weighted by atomic mass is 16.5. The number of morpholine rings is 1. The number of nitrogens with zero attached hydrogens (tertiary/aromatic N) is 3. The molecular weight excluding hydrogens is 204 g/mol. The number of rotatable bonds is 4. The van der Waals surface area contributed by atoms with Crippen molar-refractivity contribution in [1.29, 1.82) is 0 Å². The fourth-order valence-corrected chi connectivity index (χ4v) is 1.93. The number of aromatic nitrogens is 2. The summed E-state index contributed by atoms with van der Waals surface area (Å²) >= 11 is 0. The number of hydrogen-bond acceptors (Lipinski definition) is 4. The first-order valence-electron chi connectivity index (χ1n) is 5.84. The van der Waals surface area contributed by atoms with Gasteiger partial charge < -0.3 is 19.5 Å². The lowest BCUT2D eigenvalue weighted by atomic mass is 10.3. The molecule has 0 aromatic carbocycles. The minimum Gasteiger partial charge on any atom is -0.374 e. The van der Waals surface area contributed by atoms with Crippen molar-refractivity contribution in [3.63, 3.8) is 0 Å². The van der Waals surface area contributed by atoms with Crippen LogP contribution in [0.15, 0.2) is 12.4 Å². The van der Waals surface area contributed by atoms with Gasteiger partial charge in [-0.3, -0.25) is 0 Å². The van der Waals surface area contributed by atoms with Crippen LogP contribution in [-0.2, 0) is 11.3 Å². The molecule has 1 aliphatic rings. The number of likely N-dealkylation sites (N-methyl/N-ethyl adjacent to an activating group) is 1. The summed E-state index contributed by atoms with van der Waals surface area (Å²) in [5.74, 6) is 0.930. The number of hydrogen-bond donors (Lipinski definition) is 1. The molecule has 0 bridgehead atoms. The Morgan fingerprint density at radius 3 is 3.25 bits per heavy atom. The summed E-state index contributed by atoms with van der Waals surface area (Å²) in [5, 5.41) is 3.33. The van der Waals surface area contributed by atoms with E-state index in [1.54, 1.807) is 0 Å². The topological polar surface area (TPSA) is 42.3 Å². The fourth-order valence-electron chi connectivity index (χ4n) is 1.93. The summed E-state index contributed by atoms with van der Waals surface area (Å²) in [6, 6.07) is 0. The number of imidazole rings is 1. The van der Waals surface area contributed by atoms with E-state index in [1.165, 1.54) is 0 Å². The molecule has 1 atom stereocenters. The van der Waals surface area contributed by atoms with E-state index >= 15 is 0 Å². The molecule has 1 aliphatic heterocycles. The van der Waals surface area contributed by atoms with E-state index in [-0.39, 0.29) is 6.10 Å². The van der Waals surface area contributed by atoms with Crippen molar-refractivity contribution in [2.24, 2.45) is 0 Å². The van der Waals surface area contributed by atoms with Crippen LogP contribution in [0.3, 0.4) is 0 Å². The van der Waals surface area contributed by atoms with Gasteiger partial charge in [-0.1, -0.05) is 0 Å². The lowest BCUT2D eigenvalue weighted by molar-refractivity contribution is -0.0118. The zero-order valence-electron chi connectivity index (χ0n) is 10.0. The van der Waals surface area contributed by atoms with Crippen LogP contribution < -0.4 is 5.32 Å². The van der Waals surface area contributed by atoms with Crippen molar-refractivity contribution in [3.8, 4) is 0 Å². The third-order valence-electron chi connectivity index (χ3n) is 2.89. The van der Waals surface area contributed by atoms with Crippen molar-refractivity contribution in [2.45, 2.75) is 19.6 Å². The minimum absolute atomic E-state index is 0.265. The maximum Gasteiger partial charge on any atom is 0.202 e. The molecule has 5 nitrogen and oxygen atoms in total. The molecule has 2 heterocycles. The van der Waals surface area contributed by atoms with Gasteiger partial charge in [0, 0.05) is 38.6 Å². The Morgan fingerprint density at radius 1 is 1.62 bits per heavy atom. The summed E-state index contributed by atoms with van der Waals surface area (Å²) in [6.07, 6.45) is 4.07. The van der Waals surface area contributed by atoms with Gasteiger partial charge in [-0.2, -0.15) is 0 Å². The first-order chi connectivity index (χ1) is 7.79. The lowest BCUT2D eigenvalue weighted by Gasteiger charge is -2.30. The van der Waals surface area contributed by atoms with Crippen molar-refractivity contribution < 1.29 is 4.74 Å². The van der Waals surface area contributed by atoms with Crippen LogP contribution in [0.2, 0.25) is 0 Å². The predicted molar refractivity (Wildman–Crippen MR) is 63.6 cm³/mol. The van der Waals surface area contributed by atoms with Gasteiger partial charge in [-0.05, 0) is 14.0 Å². The molecule has 90 valence electrons. The van der Waals surface area contributed by atoms with Crippen molar-refractivity contribution in [1.82, 2.24) is 14.5 Å². The van der Waals surface area contributed by atoms with Gasteiger partial charge in [0.2, 0.25) is 5.95 Å². The second-order valence-electron chi connectivity index (χ2n) is 4.17. The Hall–Kier alpha value is -1.07. The first-order valence-corrected chi connectivity index (χ1v) is 5.84. The maximum atomic E-state index is 5.68. The van der Waals surface area contributed by atoms with Crippen LogP contribution in [0.4, 0.5) is 5.95 Å². The quantitative estimate of drug-likeness (QED) is 0.815. The molecule has 16 heavy (non-hydrogen) atoms. The molecule has 2 rings (SSSR count). The highest BCUT2D eigenvalue weighted by Crippen LogP contribution is 2.07. The van der Waals surface area contributed by atoms with Crippen LogP contribution in [0.25, 0.3) is 0 Å². The van der Waals surface area contributed by atoms with E-state index in [2.05, 4.69) is 33.7 Å². The largest absolute Gasteiger partial charge is 0.374 e. The van der Waals surface area contributed by atoms with Crippen LogP contribution in [0.1, 0.15) is 6.92 Å². The Labute approximate surface area is 96.4 Å². The summed E-state index contributed by atoms with van der Waals surface area (Å²) in [6.45, 7) is 6.71. The second kappa shape index (κ2) is 5.32. The summed E-state index contributed by atoms with van der Waals surface area (Å²) in [5.41, 5.74) is 0. The Kier molecular flexibility index (Phi) is 3.79. The summed E-state index contributed by atoms with van der Waals surface area (Å²) in [4.78, 5) is 6.57. The van der Waals surface area contributed by atoms with Gasteiger partial charge in [-0.25, -0.2) is 4.98 Å². The molecule has 1 unspecified atom stereocenters. The maximum absolute atomic E-state index is 5.68. The average molecular weight is 224 g/mol. The molecule has 1 saturated heterocycles. The van der Waals surface area contributed by atoms with E-state index in [0.29, 0.717) is 0 Å². The van der Waals surface area contributed by atoms with Crippen LogP contribution in [0, 0.1) is 0 Å². The van der Waals surface area contributed by atoms with Crippen molar-refractivity contribution in [2.75, 3.05) is 38.6 Å². The monoisotopic (exact) mass is 224 g/mol. The average Bonchev–Trinajstić information content (AvgIpc) is 2.74. The number of aryl methyl sites for hydroxylation is 1. The van der Waals surface area contributed by atoms with Crippen molar-refractivity contribution >= 4 is 5.95 Å². The summed E-state index contributed by atoms with van der Waals surface area (Å²) in [7, 11) is 2.13. The van der Waals surface area contributed by atoms with E-state index in [4.69, 9.17) is 4.74 Å². The van der Waals surface area contributed by atoms with Gasteiger partial charge in [0.15, 0.2) is 0 Å². The van der Waals surface area contributed by atoms with Crippen LogP contribution in [0.5, 0.6) is 0 Å². The van der Waals surface area contributed by atoms with E-state index in [9.17, 15) is 0 Å². The zero-order valence-corrected chi connectivity index (χ0v) is 10.0. The smallest absolute Gasteiger partial charge is 0.202 e. The molecule has 0 spiro atoms. The molecule has 0 aliphatic carbocycles. The van der Waals surface area contributed by atoms with Crippen molar-refractivity contribution in [3.05, 3.63) is 12.4 Å². The van der Waals surface area contributed by atoms with E-state index in [1.807, 2.05) is 12.4 Å². The summed E-state index contributed by atoms with van der Waals surface area (Å²) < 4.78 is 7.77. The van der Waals surface area contributed by atoms with Gasteiger partial charge >= 0.3 is 0 Å². The minimum atomic E-state index is 0.265. The van der Waals surface area contributed by atoms with Gasteiger partial charge in [0.25, 0.3) is 0 Å². The molecule has 1 N–H and O–H groups in total. The third-order valence-corrected chi connectivity index (χ3v) is 2.89. The van der Waals surface area contributed by atoms with Crippen LogP contribution >= 0.6 is 0 Å². The predicted octanol–water partition coefficient (Wildman–Crippen LogP) is 0.645. The highest BCUT2D eigenvalue weighted by Gasteiger charge is 2.17. The number of anilines is 1. The van der Waals surface area contributed by atoms with Gasteiger partial charge in [0.1, 0.15) is 0 Å². The third kappa shape index (κ3) is 2.74. The van der Waals surface area contributed by atoms with E-state index in [0.717, 1.165) is 38.7 Å². The van der Waals surface area contributed by atoms with E-state index < -0.39 is 0 Å². The van der Waals surface area contributed by atoms with Gasteiger partial charge in [0.05, 0.1) is 12.7 Å². The second-order valence-corrected chi connectivity index (χ2v) is 4.17. The molecule has 0 radical (unpaired) electrons. The molecule has 1 aromatic heterocycles. The standard InChI is InChI=1S/C11H20N4O/c1-3-15-5-4-12-11(15)13-8-10-9-14(2)6-7-16-10/h4-5,10H,3,6-9H2,1-2H3,(H,12,13). The SMILES string of the molecule is CCn1ccnc1NCC1CN(C)CCO1.